The third kappa shape index (κ3) is 15.9. The summed E-state index contributed by atoms with van der Waals surface area (Å²) in [5.41, 5.74) is -7.21. The van der Waals surface area contributed by atoms with E-state index in [4.69, 9.17) is 0 Å². The fourth-order valence-corrected chi connectivity index (χ4v) is 26.4. The predicted octanol–water partition coefficient (Wildman–Crippen LogP) is 5.20. The maximum Gasteiger partial charge on any atom is 0.471 e. The summed E-state index contributed by atoms with van der Waals surface area (Å²) in [6.45, 7) is 18.2. The summed E-state index contributed by atoms with van der Waals surface area (Å²) >= 11 is 0. The van der Waals surface area contributed by atoms with Crippen LogP contribution in [0.25, 0.3) is 0 Å². The van der Waals surface area contributed by atoms with Gasteiger partial charge in [-0.1, -0.05) is 89.1 Å². The van der Waals surface area contributed by atoms with Gasteiger partial charge in [0.2, 0.25) is 53.2 Å². The van der Waals surface area contributed by atoms with Crippen LogP contribution >= 0.6 is 0 Å². The van der Waals surface area contributed by atoms with Crippen LogP contribution < -0.4 is 37.2 Å². The molecule has 0 aromatic carbocycles. The van der Waals surface area contributed by atoms with E-state index in [1.54, 1.807) is 16.7 Å². The number of rotatable bonds is 21. The summed E-state index contributed by atoms with van der Waals surface area (Å²) < 4.78 is 125. The standard InChI is InChI=1S/C76H102F9N15O12Si/c1-66(2,3)51(92-63(110)74(77,78)79)60(107)96-31-44-47(69(44,10)11)49(96)56(103)90-41(29-87)24-38-26-72(18-19-72)99(58(38)105)35-70(12)45-32-97(61(108)52(67(4,5)6)93-64(111)75(80,81)82)50(48(45)70)57(104)91-42(30-88)25-39-27-73(20-21-73)100(59(39)106)43-14-22-113(33-43)34-46(98(36-113)62(109)53(68(7,8)9)94-65(112)76(83,84)85)55(102)89-40(28-86)23-37-13-15-71(16-17-71)95-54(37)101/h37-53H,13-27,31-36H2,1-12H3,(H,89,102)(H,90,103)(H,91,104)(H,92,110)(H,93,111)(H,94,112)(H,95,101)/t37?,38-,39?,40?,41+,42?,43?,44+,45-,46?,47+,48?,49+,50?,51-,52?,53?,70?,113?/m1/s1. The van der Waals surface area contributed by atoms with Gasteiger partial charge in [-0.25, -0.2) is 0 Å². The lowest BCUT2D eigenvalue weighted by molar-refractivity contribution is -0.176. The number of carbonyl (C=O) groups excluding carboxylic acids is 12. The van der Waals surface area contributed by atoms with Gasteiger partial charge >= 0.3 is 36.3 Å². The minimum Gasteiger partial charge on any atom is -0.350 e. The summed E-state index contributed by atoms with van der Waals surface area (Å²) in [5, 5.41) is 48.7. The van der Waals surface area contributed by atoms with Crippen LogP contribution in [-0.2, 0) is 57.5 Å². The van der Waals surface area contributed by atoms with Crippen molar-refractivity contribution in [1.29, 1.82) is 15.8 Å². The van der Waals surface area contributed by atoms with E-state index < -0.39 is 220 Å². The Balaban J connectivity index is 0.744. The Bertz CT molecular complexity index is 4110. The van der Waals surface area contributed by atoms with Crippen molar-refractivity contribution >= 4 is 79.0 Å². The van der Waals surface area contributed by atoms with Crippen molar-refractivity contribution in [2.75, 3.05) is 25.8 Å². The van der Waals surface area contributed by atoms with Gasteiger partial charge in [-0.2, -0.15) is 55.3 Å². The fourth-order valence-electron chi connectivity index (χ4n) is 20.8. The molecule has 27 nitrogen and oxygen atoms in total. The summed E-state index contributed by atoms with van der Waals surface area (Å²) in [4.78, 5) is 176. The molecule has 4 spiro atoms. The van der Waals surface area contributed by atoms with Gasteiger partial charge in [0.25, 0.3) is 0 Å². The van der Waals surface area contributed by atoms with E-state index in [0.717, 1.165) is 22.6 Å². The molecular formula is C76H102F9N15O12Si. The van der Waals surface area contributed by atoms with Gasteiger partial charge in [0.1, 0.15) is 54.4 Å². The zero-order valence-corrected chi connectivity index (χ0v) is 66.5. The summed E-state index contributed by atoms with van der Waals surface area (Å²) in [6.07, 6.45) is -11.0. The highest BCUT2D eigenvalue weighted by Gasteiger charge is 2.75. The van der Waals surface area contributed by atoms with Gasteiger partial charge in [0.05, 0.1) is 26.3 Å². The molecular weight excluding hydrogens is 1510 g/mol. The molecule has 12 fully saturated rings. The van der Waals surface area contributed by atoms with Crippen molar-refractivity contribution in [3.05, 3.63) is 0 Å². The van der Waals surface area contributed by atoms with E-state index in [1.165, 1.54) is 67.2 Å². The SMILES string of the molecule is CC(C)(C)C(NC(=O)C(F)(F)F)C(=O)N1C[Si]2(CCC(N3C(=O)C(CC(C#N)NC(=O)C4C5[C@@H](CN4C(=O)C(NC(=O)C(F)(F)F)C(C)(C)C)C5(C)CN4C(=O)[C@H](C[C@@H](C#N)NC(=O)[C@@H]5[C@@H]6[C@H](CN5C(=O)[C@@H](NC(=O)C(F)(F)F)C(C)(C)C)C6(C)C)CC45CC5)CC34CC4)C2)CC1C(=O)NC(C#N)CC1CCC2(CC2)NC1=O. The van der Waals surface area contributed by atoms with Gasteiger partial charge in [-0.3, -0.25) is 57.5 Å². The van der Waals surface area contributed by atoms with Crippen LogP contribution in [0.1, 0.15) is 173 Å². The van der Waals surface area contributed by atoms with E-state index in [0.29, 0.717) is 57.0 Å². The average molecular weight is 1620 g/mol. The largest absolute Gasteiger partial charge is 0.471 e. The lowest BCUT2D eigenvalue weighted by atomic mass is 9.85. The predicted molar refractivity (Wildman–Crippen MR) is 381 cm³/mol. The van der Waals surface area contributed by atoms with E-state index >= 15 is 9.59 Å². The normalized spacial score (nSPS) is 32.2. The molecule has 12 unspecified atom stereocenters. The van der Waals surface area contributed by atoms with Gasteiger partial charge in [0.15, 0.2) is 0 Å². The average Bonchev–Trinajstić information content (AvgIpc) is 1.51. The van der Waals surface area contributed by atoms with Crippen LogP contribution in [0.2, 0.25) is 18.1 Å². The van der Waals surface area contributed by atoms with E-state index in [1.807, 2.05) is 29.8 Å². The second-order valence-corrected chi connectivity index (χ2v) is 43.7. The van der Waals surface area contributed by atoms with Gasteiger partial charge in [0, 0.05) is 72.1 Å². The number of nitrogens with one attached hydrogen (secondary N) is 7. The van der Waals surface area contributed by atoms with Gasteiger partial charge in [-0.05, 0) is 147 Å². The van der Waals surface area contributed by atoms with E-state index in [9.17, 15) is 103 Å². The van der Waals surface area contributed by atoms with Crippen LogP contribution in [0, 0.1) is 102 Å². The molecule has 7 saturated heterocycles. The third-order valence-electron chi connectivity index (χ3n) is 27.6. The lowest BCUT2D eigenvalue weighted by Crippen LogP contribution is -2.61. The Hall–Kier alpha value is -8.30. The number of piperidine rings is 3. The Morgan fingerprint density at radius 3 is 1.35 bits per heavy atom. The van der Waals surface area contributed by atoms with Crippen LogP contribution in [-0.4, -0.2) is 225 Å². The molecule has 7 aliphatic heterocycles. The first-order chi connectivity index (χ1) is 52.0. The van der Waals surface area contributed by atoms with Crippen molar-refractivity contribution in [1.82, 2.24) is 61.7 Å². The number of nitrogens with zero attached hydrogens (tertiary/aromatic N) is 8. The highest BCUT2D eigenvalue weighted by Crippen LogP contribution is 2.69. The van der Waals surface area contributed by atoms with Gasteiger partial charge < -0.3 is 61.7 Å². The molecule has 0 radical (unpaired) electrons. The molecule has 5 saturated carbocycles. The summed E-state index contributed by atoms with van der Waals surface area (Å²) in [5.74, 6) is -18.1. The minimum atomic E-state index is -5.43. The Morgan fingerprint density at radius 1 is 0.513 bits per heavy atom. The molecule has 113 heavy (non-hydrogen) atoms. The second kappa shape index (κ2) is 28.3. The number of amides is 12. The van der Waals surface area contributed by atoms with E-state index in [2.05, 4.69) is 39.5 Å². The smallest absolute Gasteiger partial charge is 0.350 e. The molecule has 620 valence electrons. The van der Waals surface area contributed by atoms with Crippen molar-refractivity contribution in [3.8, 4) is 18.2 Å². The monoisotopic (exact) mass is 1620 g/mol. The first-order valence-corrected chi connectivity index (χ1v) is 42.0. The molecule has 12 amide bonds. The topological polar surface area (TPSA) is 377 Å². The van der Waals surface area contributed by atoms with Gasteiger partial charge in [-0.15, -0.1) is 0 Å². The number of nitriles is 3. The molecule has 12 rings (SSSR count). The zero-order valence-electron chi connectivity index (χ0n) is 65.5. The van der Waals surface area contributed by atoms with Crippen LogP contribution in [0.4, 0.5) is 39.5 Å². The van der Waals surface area contributed by atoms with Crippen LogP contribution in [0.15, 0.2) is 0 Å². The molecule has 0 bridgehead atoms. The highest BCUT2D eigenvalue weighted by molar-refractivity contribution is 6.82. The number of fused-ring (bicyclic) bond motifs is 2. The van der Waals surface area contributed by atoms with Crippen molar-refractivity contribution in [2.45, 2.75) is 287 Å². The Labute approximate surface area is 650 Å². The quantitative estimate of drug-likeness (QED) is 0.0574. The first kappa shape index (κ1) is 84.1. The summed E-state index contributed by atoms with van der Waals surface area (Å²) in [7, 11) is -2.99. The second-order valence-electron chi connectivity index (χ2n) is 39.0. The molecule has 19 atom stereocenters. The molecule has 5 aliphatic carbocycles. The minimum absolute atomic E-state index is 0.0251. The molecule has 37 heteroatoms. The maximum absolute atomic E-state index is 15.4. The Kier molecular flexibility index (Phi) is 21.0. The molecule has 12 aliphatic rings. The van der Waals surface area contributed by atoms with Crippen molar-refractivity contribution in [3.63, 3.8) is 0 Å². The number of halogens is 9. The number of hydrogen-bond acceptors (Lipinski definition) is 15. The lowest BCUT2D eigenvalue weighted by Gasteiger charge is -2.39. The third-order valence-corrected chi connectivity index (χ3v) is 32.6. The van der Waals surface area contributed by atoms with Crippen LogP contribution in [0.5, 0.6) is 0 Å². The van der Waals surface area contributed by atoms with Crippen molar-refractivity contribution in [2.24, 2.45) is 68.5 Å². The molecule has 7 N–H and O–H groups in total. The fraction of sp³-hybridized carbons (Fsp3) is 0.803. The number of hydrogen-bond donors (Lipinski definition) is 7. The first-order valence-electron chi connectivity index (χ1n) is 39.1. The van der Waals surface area contributed by atoms with Crippen LogP contribution in [0.3, 0.4) is 0 Å². The highest BCUT2D eigenvalue weighted by atomic mass is 28.3. The van der Waals surface area contributed by atoms with E-state index in [-0.39, 0.29) is 87.2 Å². The molecule has 7 heterocycles. The number of carbonyl (C=O) groups is 12. The maximum atomic E-state index is 15.4. The summed E-state index contributed by atoms with van der Waals surface area (Å²) in [6, 6.07) is -6.89. The number of alkyl halides is 9. The number of likely N-dealkylation sites (tertiary alicyclic amines) is 4. The molecule has 0 aromatic rings. The molecule has 0 aromatic heterocycles. The zero-order chi connectivity index (χ0) is 83.6. The van der Waals surface area contributed by atoms with Crippen molar-refractivity contribution < 1.29 is 97.0 Å². The Morgan fingerprint density at radius 2 is 0.929 bits per heavy atom.